The van der Waals surface area contributed by atoms with Gasteiger partial charge < -0.3 is 4.98 Å². The molecule has 0 bridgehead atoms. The van der Waals surface area contributed by atoms with Crippen molar-refractivity contribution in [2.24, 2.45) is 0 Å². The molecule has 0 saturated carbocycles. The van der Waals surface area contributed by atoms with Gasteiger partial charge in [0, 0.05) is 21.0 Å². The molecule has 0 aliphatic carbocycles. The maximum absolute atomic E-state index is 12.2. The monoisotopic (exact) mass is 451 g/mol. The van der Waals surface area contributed by atoms with Crippen LogP contribution in [0.25, 0.3) is 28.0 Å². The first-order valence-corrected chi connectivity index (χ1v) is 9.43. The lowest BCUT2D eigenvalue weighted by atomic mass is 10.1. The van der Waals surface area contributed by atoms with Gasteiger partial charge >= 0.3 is 0 Å². The largest absolute Gasteiger partial charge is 0.304 e. The third kappa shape index (κ3) is 3.31. The van der Waals surface area contributed by atoms with Gasteiger partial charge in [0.05, 0.1) is 22.0 Å². The highest BCUT2D eigenvalue weighted by molar-refractivity contribution is 6.67. The van der Waals surface area contributed by atoms with E-state index < -0.39 is 10.8 Å². The molecule has 4 aromatic rings. The van der Waals surface area contributed by atoms with Crippen LogP contribution in [0.2, 0.25) is 15.1 Å². The second kappa shape index (κ2) is 7.26. The SMILES string of the molecule is O=C(Cl)c1cc2c(-c3ccc(Cl)cc3)n(-c3ccc(Cl)cc3Cl)nc2[nH]c1=O. The predicted molar refractivity (Wildman–Crippen MR) is 112 cm³/mol. The molecule has 0 saturated heterocycles. The summed E-state index contributed by atoms with van der Waals surface area (Å²) in [5, 5.41) is 5.55. The van der Waals surface area contributed by atoms with Crippen molar-refractivity contribution in [3.63, 3.8) is 0 Å². The Kier molecular flexibility index (Phi) is 4.93. The van der Waals surface area contributed by atoms with E-state index in [4.69, 9.17) is 46.4 Å². The van der Waals surface area contributed by atoms with E-state index in [1.165, 1.54) is 6.07 Å². The Labute approximate surface area is 178 Å². The molecule has 0 radical (unpaired) electrons. The number of rotatable bonds is 3. The molecule has 0 amide bonds. The number of aromatic nitrogens is 3. The van der Waals surface area contributed by atoms with Crippen LogP contribution < -0.4 is 5.56 Å². The number of hydrogen-bond acceptors (Lipinski definition) is 3. The smallest absolute Gasteiger partial charge is 0.261 e. The van der Waals surface area contributed by atoms with E-state index in [2.05, 4.69) is 10.1 Å². The van der Waals surface area contributed by atoms with Gasteiger partial charge in [0.1, 0.15) is 0 Å². The molecular formula is C19H9Cl4N3O2. The zero-order chi connectivity index (χ0) is 20.0. The first-order chi connectivity index (χ1) is 13.3. The number of nitrogens with one attached hydrogen (secondary N) is 1. The summed E-state index contributed by atoms with van der Waals surface area (Å²) in [5.41, 5.74) is 1.38. The maximum Gasteiger partial charge on any atom is 0.261 e. The topological polar surface area (TPSA) is 67.8 Å². The Morgan fingerprint density at radius 1 is 0.964 bits per heavy atom. The second-order valence-electron chi connectivity index (χ2n) is 5.91. The minimum Gasteiger partial charge on any atom is -0.304 e. The molecule has 9 heteroatoms. The summed E-state index contributed by atoms with van der Waals surface area (Å²) in [6, 6.07) is 13.4. The molecule has 0 spiro atoms. The van der Waals surface area contributed by atoms with E-state index in [0.29, 0.717) is 31.8 Å². The fraction of sp³-hybridized carbons (Fsp3) is 0. The standard InChI is InChI=1S/C19H9Cl4N3O2/c20-10-3-1-9(2-4-10)16-12-8-13(17(23)27)19(28)24-18(12)25-26(16)15-6-5-11(21)7-14(15)22/h1-8H,(H,24,25,28). The lowest BCUT2D eigenvalue weighted by Crippen LogP contribution is -2.14. The lowest BCUT2D eigenvalue weighted by molar-refractivity contribution is 0.108. The highest BCUT2D eigenvalue weighted by atomic mass is 35.5. The minimum atomic E-state index is -0.859. The van der Waals surface area contributed by atoms with Gasteiger partial charge in [0.25, 0.3) is 10.8 Å². The Morgan fingerprint density at radius 2 is 1.64 bits per heavy atom. The number of benzene rings is 2. The van der Waals surface area contributed by atoms with Gasteiger partial charge in [-0.3, -0.25) is 9.59 Å². The quantitative estimate of drug-likeness (QED) is 0.404. The summed E-state index contributed by atoms with van der Waals surface area (Å²) in [6.07, 6.45) is 0. The minimum absolute atomic E-state index is 0.175. The molecule has 0 aliphatic heterocycles. The Hall–Kier alpha value is -2.31. The van der Waals surface area contributed by atoms with Gasteiger partial charge in [-0.1, -0.05) is 46.9 Å². The van der Waals surface area contributed by atoms with Crippen molar-refractivity contribution < 1.29 is 4.79 Å². The van der Waals surface area contributed by atoms with Crippen LogP contribution in [0.1, 0.15) is 10.4 Å². The second-order valence-corrected chi connectivity index (χ2v) is 7.53. The number of H-pyrrole nitrogens is 1. The molecule has 5 nitrogen and oxygen atoms in total. The number of nitrogens with zero attached hydrogens (tertiary/aromatic N) is 2. The molecule has 1 N–H and O–H groups in total. The van der Waals surface area contributed by atoms with E-state index >= 15 is 0 Å². The molecule has 2 heterocycles. The maximum atomic E-state index is 12.2. The number of fused-ring (bicyclic) bond motifs is 1. The summed E-state index contributed by atoms with van der Waals surface area (Å²) in [6.45, 7) is 0. The third-order valence-corrected chi connectivity index (χ3v) is 5.15. The summed E-state index contributed by atoms with van der Waals surface area (Å²) in [7, 11) is 0. The molecule has 4 rings (SSSR count). The van der Waals surface area contributed by atoms with Crippen LogP contribution in [0.5, 0.6) is 0 Å². The number of carbonyl (C=O) groups excluding carboxylic acids is 1. The van der Waals surface area contributed by atoms with Crippen molar-refractivity contribution in [1.82, 2.24) is 14.8 Å². The number of aromatic amines is 1. The normalized spacial score (nSPS) is 11.1. The molecule has 28 heavy (non-hydrogen) atoms. The average molecular weight is 453 g/mol. The summed E-state index contributed by atoms with van der Waals surface area (Å²) < 4.78 is 1.57. The number of hydrogen-bond donors (Lipinski definition) is 1. The van der Waals surface area contributed by atoms with Crippen LogP contribution in [0.3, 0.4) is 0 Å². The van der Waals surface area contributed by atoms with Crippen molar-refractivity contribution in [1.29, 1.82) is 0 Å². The van der Waals surface area contributed by atoms with Crippen molar-refractivity contribution in [2.45, 2.75) is 0 Å². The van der Waals surface area contributed by atoms with Crippen LogP contribution in [0.15, 0.2) is 53.3 Å². The van der Waals surface area contributed by atoms with Crippen LogP contribution in [-0.4, -0.2) is 20.0 Å². The van der Waals surface area contributed by atoms with Crippen LogP contribution in [-0.2, 0) is 0 Å². The van der Waals surface area contributed by atoms with Crippen LogP contribution in [0, 0.1) is 0 Å². The van der Waals surface area contributed by atoms with Gasteiger partial charge in [-0.2, -0.15) is 0 Å². The van der Waals surface area contributed by atoms with Gasteiger partial charge in [0.15, 0.2) is 5.65 Å². The molecule has 140 valence electrons. The first kappa shape index (κ1) is 19.0. The molecule has 0 aliphatic rings. The van der Waals surface area contributed by atoms with E-state index in [-0.39, 0.29) is 11.2 Å². The number of pyridine rings is 1. The van der Waals surface area contributed by atoms with E-state index in [1.807, 2.05) is 0 Å². The number of halogens is 4. The van der Waals surface area contributed by atoms with Gasteiger partial charge in [-0.25, -0.2) is 4.68 Å². The van der Waals surface area contributed by atoms with Gasteiger partial charge in [0.2, 0.25) is 0 Å². The average Bonchev–Trinajstić information content (AvgIpc) is 2.99. The van der Waals surface area contributed by atoms with Gasteiger partial charge in [-0.15, -0.1) is 5.10 Å². The van der Waals surface area contributed by atoms with E-state index in [1.54, 1.807) is 47.1 Å². The Bertz CT molecular complexity index is 1290. The molecule has 2 aromatic heterocycles. The van der Waals surface area contributed by atoms with Gasteiger partial charge in [-0.05, 0) is 48.0 Å². The Balaban J connectivity index is 2.11. The molecule has 0 atom stereocenters. The van der Waals surface area contributed by atoms with E-state index in [9.17, 15) is 9.59 Å². The van der Waals surface area contributed by atoms with Crippen molar-refractivity contribution >= 4 is 62.7 Å². The van der Waals surface area contributed by atoms with Crippen LogP contribution >= 0.6 is 46.4 Å². The molecule has 0 unspecified atom stereocenters. The first-order valence-electron chi connectivity index (χ1n) is 7.92. The van der Waals surface area contributed by atoms with E-state index in [0.717, 1.165) is 5.56 Å². The fourth-order valence-corrected chi connectivity index (χ4v) is 3.66. The summed E-state index contributed by atoms with van der Waals surface area (Å²) in [4.78, 5) is 26.4. The third-order valence-electron chi connectivity index (χ3n) is 4.15. The molecule has 2 aromatic carbocycles. The number of carbonyl (C=O) groups is 1. The predicted octanol–water partition coefficient (Wildman–Crippen LogP) is 5.72. The zero-order valence-corrected chi connectivity index (χ0v) is 16.9. The fourth-order valence-electron chi connectivity index (χ4n) is 2.90. The van der Waals surface area contributed by atoms with Crippen LogP contribution in [0.4, 0.5) is 0 Å². The van der Waals surface area contributed by atoms with Crippen molar-refractivity contribution in [2.75, 3.05) is 0 Å². The molecule has 0 fully saturated rings. The molecular weight excluding hydrogens is 444 g/mol. The zero-order valence-electron chi connectivity index (χ0n) is 13.8. The lowest BCUT2D eigenvalue weighted by Gasteiger charge is -2.10. The highest BCUT2D eigenvalue weighted by Gasteiger charge is 2.20. The Morgan fingerprint density at radius 3 is 2.29 bits per heavy atom. The van der Waals surface area contributed by atoms with Crippen molar-refractivity contribution in [3.05, 3.63) is 79.5 Å². The summed E-state index contributed by atoms with van der Waals surface area (Å²) in [5.74, 6) is 0. The summed E-state index contributed by atoms with van der Waals surface area (Å²) >= 11 is 23.9. The highest BCUT2D eigenvalue weighted by Crippen LogP contribution is 2.34. The van der Waals surface area contributed by atoms with Crippen molar-refractivity contribution in [3.8, 4) is 16.9 Å².